The van der Waals surface area contributed by atoms with Gasteiger partial charge in [-0.25, -0.2) is 4.79 Å². The standard InChI is InChI=1S/C20H20Cl2N2O4/c1-20(16-8-7-14(21)9-17(16)22)18(26)24(19(27)23-20)10-15(25)12-28-11-13-5-3-2-4-6-13/h2-9,15,25H,10-12H2,1H3,(H,23,27). The summed E-state index contributed by atoms with van der Waals surface area (Å²) in [6.07, 6.45) is -1.01. The van der Waals surface area contributed by atoms with E-state index in [2.05, 4.69) is 5.32 Å². The largest absolute Gasteiger partial charge is 0.389 e. The molecule has 0 aromatic heterocycles. The van der Waals surface area contributed by atoms with Gasteiger partial charge in [0.15, 0.2) is 0 Å². The maximum absolute atomic E-state index is 12.9. The summed E-state index contributed by atoms with van der Waals surface area (Å²) in [4.78, 5) is 26.2. The summed E-state index contributed by atoms with van der Waals surface area (Å²) in [7, 11) is 0. The number of carbonyl (C=O) groups excluding carboxylic acids is 2. The Morgan fingerprint density at radius 1 is 1.18 bits per heavy atom. The third-order valence-electron chi connectivity index (χ3n) is 4.56. The molecule has 2 N–H and O–H groups in total. The van der Waals surface area contributed by atoms with Crippen LogP contribution in [0, 0.1) is 0 Å². The van der Waals surface area contributed by atoms with E-state index in [0.717, 1.165) is 10.5 Å². The van der Waals surface area contributed by atoms with Gasteiger partial charge in [0.25, 0.3) is 5.91 Å². The molecule has 0 spiro atoms. The second-order valence-electron chi connectivity index (χ2n) is 6.75. The van der Waals surface area contributed by atoms with Crippen molar-refractivity contribution in [3.8, 4) is 0 Å². The van der Waals surface area contributed by atoms with Crippen molar-refractivity contribution in [1.82, 2.24) is 10.2 Å². The molecule has 148 valence electrons. The lowest BCUT2D eigenvalue weighted by molar-refractivity contribution is -0.132. The Morgan fingerprint density at radius 2 is 1.89 bits per heavy atom. The van der Waals surface area contributed by atoms with Crippen LogP contribution in [0.1, 0.15) is 18.1 Å². The topological polar surface area (TPSA) is 78.9 Å². The average Bonchev–Trinajstić information content (AvgIpc) is 2.86. The van der Waals surface area contributed by atoms with Crippen molar-refractivity contribution in [2.24, 2.45) is 0 Å². The molecule has 1 aliphatic rings. The molecule has 8 heteroatoms. The smallest absolute Gasteiger partial charge is 0.325 e. The number of halogens is 2. The lowest BCUT2D eigenvalue weighted by Gasteiger charge is -2.24. The van der Waals surface area contributed by atoms with Crippen LogP contribution >= 0.6 is 23.2 Å². The van der Waals surface area contributed by atoms with Crippen LogP contribution in [0.15, 0.2) is 48.5 Å². The number of hydrogen-bond donors (Lipinski definition) is 2. The molecule has 1 heterocycles. The van der Waals surface area contributed by atoms with Gasteiger partial charge in [-0.2, -0.15) is 0 Å². The Kier molecular flexibility index (Phi) is 6.25. The van der Waals surface area contributed by atoms with Gasteiger partial charge in [-0.15, -0.1) is 0 Å². The summed E-state index contributed by atoms with van der Waals surface area (Å²) in [6, 6.07) is 13.6. The van der Waals surface area contributed by atoms with E-state index in [1.807, 2.05) is 30.3 Å². The normalized spacial score (nSPS) is 20.4. The zero-order chi connectivity index (χ0) is 20.3. The first kappa shape index (κ1) is 20.6. The fraction of sp³-hybridized carbons (Fsp3) is 0.300. The molecule has 6 nitrogen and oxygen atoms in total. The number of rotatable bonds is 7. The van der Waals surface area contributed by atoms with Crippen LogP contribution in [0.2, 0.25) is 10.0 Å². The summed E-state index contributed by atoms with van der Waals surface area (Å²) in [6.45, 7) is 1.71. The van der Waals surface area contributed by atoms with Gasteiger partial charge < -0.3 is 15.2 Å². The SMILES string of the molecule is CC1(c2ccc(Cl)cc2Cl)NC(=O)N(CC(O)COCc2ccccc2)C1=O. The fourth-order valence-corrected chi connectivity index (χ4v) is 3.69. The molecule has 1 fully saturated rings. The van der Waals surface area contributed by atoms with Gasteiger partial charge in [-0.3, -0.25) is 9.69 Å². The summed E-state index contributed by atoms with van der Waals surface area (Å²) in [5.74, 6) is -0.496. The number of nitrogens with zero attached hydrogens (tertiary/aromatic N) is 1. The number of hydrogen-bond acceptors (Lipinski definition) is 4. The van der Waals surface area contributed by atoms with Crippen molar-refractivity contribution in [2.45, 2.75) is 25.2 Å². The minimum absolute atomic E-state index is 0.00955. The fourth-order valence-electron chi connectivity index (χ4n) is 3.09. The van der Waals surface area contributed by atoms with Crippen molar-refractivity contribution in [3.63, 3.8) is 0 Å². The number of carbonyl (C=O) groups is 2. The van der Waals surface area contributed by atoms with Crippen LogP contribution in [-0.2, 0) is 21.7 Å². The zero-order valence-electron chi connectivity index (χ0n) is 15.2. The first-order chi connectivity index (χ1) is 13.3. The number of β-amino-alcohol motifs (C(OH)–C–C–N with tert-alkyl or cyclic N) is 1. The molecule has 3 rings (SSSR count). The molecule has 1 aliphatic heterocycles. The second-order valence-corrected chi connectivity index (χ2v) is 7.59. The third-order valence-corrected chi connectivity index (χ3v) is 5.11. The highest BCUT2D eigenvalue weighted by molar-refractivity contribution is 6.35. The van der Waals surface area contributed by atoms with Crippen LogP contribution in [0.5, 0.6) is 0 Å². The van der Waals surface area contributed by atoms with Gasteiger partial charge in [0.2, 0.25) is 0 Å². The van der Waals surface area contributed by atoms with E-state index >= 15 is 0 Å². The van der Waals surface area contributed by atoms with Crippen molar-refractivity contribution in [3.05, 3.63) is 69.7 Å². The molecule has 2 unspecified atom stereocenters. The minimum atomic E-state index is -1.33. The van der Waals surface area contributed by atoms with Crippen molar-refractivity contribution in [2.75, 3.05) is 13.2 Å². The predicted molar refractivity (Wildman–Crippen MR) is 106 cm³/mol. The van der Waals surface area contributed by atoms with Crippen molar-refractivity contribution in [1.29, 1.82) is 0 Å². The molecule has 1 saturated heterocycles. The number of benzene rings is 2. The van der Waals surface area contributed by atoms with Crippen molar-refractivity contribution >= 4 is 35.1 Å². The molecule has 0 saturated carbocycles. The Morgan fingerprint density at radius 3 is 2.57 bits per heavy atom. The molecule has 2 aromatic carbocycles. The van der Waals surface area contributed by atoms with E-state index in [0.29, 0.717) is 17.2 Å². The lowest BCUT2D eigenvalue weighted by atomic mass is 9.92. The Labute approximate surface area is 173 Å². The number of nitrogens with one attached hydrogen (secondary N) is 1. The molecular formula is C20H20Cl2N2O4. The Hall–Kier alpha value is -2.12. The number of imide groups is 1. The maximum atomic E-state index is 12.9. The quantitative estimate of drug-likeness (QED) is 0.670. The molecule has 0 radical (unpaired) electrons. The highest BCUT2D eigenvalue weighted by atomic mass is 35.5. The predicted octanol–water partition coefficient (Wildman–Crippen LogP) is 3.34. The first-order valence-corrected chi connectivity index (χ1v) is 9.46. The van der Waals surface area contributed by atoms with Gasteiger partial charge in [0.05, 0.1) is 25.9 Å². The molecule has 3 amide bonds. The highest BCUT2D eigenvalue weighted by Gasteiger charge is 2.50. The molecule has 0 aliphatic carbocycles. The van der Waals surface area contributed by atoms with Gasteiger partial charge in [-0.1, -0.05) is 59.6 Å². The number of aliphatic hydroxyl groups excluding tert-OH is 1. The summed E-state index contributed by atoms with van der Waals surface area (Å²) >= 11 is 12.1. The number of amides is 3. The van der Waals surface area contributed by atoms with E-state index in [-0.39, 0.29) is 18.2 Å². The molecule has 28 heavy (non-hydrogen) atoms. The summed E-state index contributed by atoms with van der Waals surface area (Å²) in [5.41, 5.74) is 0.0764. The molecule has 2 atom stereocenters. The summed E-state index contributed by atoms with van der Waals surface area (Å²) < 4.78 is 5.48. The first-order valence-electron chi connectivity index (χ1n) is 8.70. The van der Waals surface area contributed by atoms with E-state index in [4.69, 9.17) is 27.9 Å². The minimum Gasteiger partial charge on any atom is -0.389 e. The Bertz CT molecular complexity index is 878. The monoisotopic (exact) mass is 422 g/mol. The van der Waals surface area contributed by atoms with Crippen LogP contribution in [0.4, 0.5) is 4.79 Å². The third kappa shape index (κ3) is 4.31. The van der Waals surface area contributed by atoms with Crippen LogP contribution < -0.4 is 5.32 Å². The van der Waals surface area contributed by atoms with Crippen molar-refractivity contribution < 1.29 is 19.4 Å². The number of aliphatic hydroxyl groups is 1. The zero-order valence-corrected chi connectivity index (χ0v) is 16.7. The number of urea groups is 1. The molecule has 0 bridgehead atoms. The van der Waals surface area contributed by atoms with E-state index in [1.54, 1.807) is 19.1 Å². The molecule has 2 aromatic rings. The highest BCUT2D eigenvalue weighted by Crippen LogP contribution is 2.35. The van der Waals surface area contributed by atoms with E-state index in [9.17, 15) is 14.7 Å². The van der Waals surface area contributed by atoms with Crippen LogP contribution in [0.3, 0.4) is 0 Å². The number of ether oxygens (including phenoxy) is 1. The molecular weight excluding hydrogens is 403 g/mol. The van der Waals surface area contributed by atoms with E-state index < -0.39 is 23.6 Å². The maximum Gasteiger partial charge on any atom is 0.325 e. The van der Waals surface area contributed by atoms with Crippen LogP contribution in [0.25, 0.3) is 0 Å². The van der Waals surface area contributed by atoms with Gasteiger partial charge >= 0.3 is 6.03 Å². The van der Waals surface area contributed by atoms with Crippen LogP contribution in [-0.4, -0.2) is 41.2 Å². The van der Waals surface area contributed by atoms with Gasteiger partial charge in [0.1, 0.15) is 5.54 Å². The van der Waals surface area contributed by atoms with E-state index in [1.165, 1.54) is 6.07 Å². The average molecular weight is 423 g/mol. The Balaban J connectivity index is 1.63. The van der Waals surface area contributed by atoms with Gasteiger partial charge in [-0.05, 0) is 24.6 Å². The lowest BCUT2D eigenvalue weighted by Crippen LogP contribution is -2.42. The second kappa shape index (κ2) is 8.49. The summed E-state index contributed by atoms with van der Waals surface area (Å²) in [5, 5.41) is 13.6. The van der Waals surface area contributed by atoms with Gasteiger partial charge in [0, 0.05) is 15.6 Å².